The summed E-state index contributed by atoms with van der Waals surface area (Å²) in [7, 11) is 1.62. The molecule has 3 rings (SSSR count). The van der Waals surface area contributed by atoms with Gasteiger partial charge in [-0.25, -0.2) is 0 Å². The molecule has 134 valence electrons. The molecule has 1 aliphatic heterocycles. The fourth-order valence-corrected chi connectivity index (χ4v) is 4.10. The zero-order chi connectivity index (χ0) is 18.5. The van der Waals surface area contributed by atoms with Crippen LogP contribution in [0.3, 0.4) is 0 Å². The van der Waals surface area contributed by atoms with Crippen molar-refractivity contribution in [1.82, 2.24) is 0 Å². The molecule has 0 atom stereocenters. The van der Waals surface area contributed by atoms with E-state index >= 15 is 0 Å². The highest BCUT2D eigenvalue weighted by Gasteiger charge is 2.33. The summed E-state index contributed by atoms with van der Waals surface area (Å²) in [6, 6.07) is 15.7. The first-order valence-electron chi connectivity index (χ1n) is 8.64. The first-order chi connectivity index (χ1) is 12.6. The van der Waals surface area contributed by atoms with Crippen molar-refractivity contribution in [3.8, 4) is 5.75 Å². The van der Waals surface area contributed by atoms with Gasteiger partial charge in [0.1, 0.15) is 5.75 Å². The van der Waals surface area contributed by atoms with Crippen molar-refractivity contribution in [2.24, 2.45) is 0 Å². The maximum absolute atomic E-state index is 12.9. The number of rotatable bonds is 6. The lowest BCUT2D eigenvalue weighted by atomic mass is 10.1. The molecule has 0 spiro atoms. The molecule has 0 saturated carbocycles. The number of unbranched alkanes of at least 4 members (excludes halogenated alkanes) is 1. The molecule has 5 heteroatoms. The van der Waals surface area contributed by atoms with Crippen molar-refractivity contribution in [2.75, 3.05) is 12.0 Å². The van der Waals surface area contributed by atoms with Crippen LogP contribution in [0, 0.1) is 0 Å². The quantitative estimate of drug-likeness (QED) is 0.490. The Labute approximate surface area is 164 Å². The Balaban J connectivity index is 1.84. The van der Waals surface area contributed by atoms with Crippen molar-refractivity contribution in [3.63, 3.8) is 0 Å². The Bertz CT molecular complexity index is 843. The van der Waals surface area contributed by atoms with Gasteiger partial charge in [0.15, 0.2) is 4.32 Å². The van der Waals surface area contributed by atoms with Crippen LogP contribution in [0.15, 0.2) is 53.4 Å². The summed E-state index contributed by atoms with van der Waals surface area (Å²) in [6.07, 6.45) is 5.24. The van der Waals surface area contributed by atoms with Crippen molar-refractivity contribution < 1.29 is 9.53 Å². The SMILES string of the molecule is CCCCc1ccc(N2C(=O)C(=Cc3ccccc3OC)SC2=S)cc1. The van der Waals surface area contributed by atoms with E-state index in [2.05, 4.69) is 19.1 Å². The van der Waals surface area contributed by atoms with E-state index in [9.17, 15) is 4.79 Å². The molecular formula is C21H21NO2S2. The number of amides is 1. The van der Waals surface area contributed by atoms with Gasteiger partial charge in [0, 0.05) is 5.56 Å². The van der Waals surface area contributed by atoms with Gasteiger partial charge < -0.3 is 4.74 Å². The van der Waals surface area contributed by atoms with E-state index in [1.165, 1.54) is 30.2 Å². The lowest BCUT2D eigenvalue weighted by molar-refractivity contribution is -0.113. The maximum Gasteiger partial charge on any atom is 0.270 e. The lowest BCUT2D eigenvalue weighted by Crippen LogP contribution is -2.27. The molecule has 0 radical (unpaired) electrons. The first-order valence-corrected chi connectivity index (χ1v) is 9.86. The number of para-hydroxylation sites is 1. The molecule has 0 bridgehead atoms. The Morgan fingerprint density at radius 1 is 1.15 bits per heavy atom. The zero-order valence-electron chi connectivity index (χ0n) is 14.9. The number of hydrogen-bond acceptors (Lipinski definition) is 4. The topological polar surface area (TPSA) is 29.5 Å². The molecular weight excluding hydrogens is 362 g/mol. The number of benzene rings is 2. The highest BCUT2D eigenvalue weighted by Crippen LogP contribution is 2.37. The third-order valence-corrected chi connectivity index (χ3v) is 5.53. The number of carbonyl (C=O) groups is 1. The zero-order valence-corrected chi connectivity index (χ0v) is 16.5. The van der Waals surface area contributed by atoms with Crippen molar-refractivity contribution in [1.29, 1.82) is 0 Å². The highest BCUT2D eigenvalue weighted by atomic mass is 32.2. The van der Waals surface area contributed by atoms with E-state index in [1.807, 2.05) is 42.5 Å². The Hall–Kier alpha value is -2.11. The largest absolute Gasteiger partial charge is 0.496 e. The fourth-order valence-electron chi connectivity index (χ4n) is 2.81. The average molecular weight is 384 g/mol. The minimum atomic E-state index is -0.0905. The molecule has 2 aromatic rings. The molecule has 0 aromatic heterocycles. The van der Waals surface area contributed by atoms with E-state index in [1.54, 1.807) is 12.0 Å². The summed E-state index contributed by atoms with van der Waals surface area (Å²) in [6.45, 7) is 2.18. The number of methoxy groups -OCH3 is 1. The molecule has 1 saturated heterocycles. The number of anilines is 1. The van der Waals surface area contributed by atoms with Gasteiger partial charge in [-0.15, -0.1) is 0 Å². The van der Waals surface area contributed by atoms with Gasteiger partial charge in [-0.05, 0) is 42.7 Å². The van der Waals surface area contributed by atoms with Crippen molar-refractivity contribution >= 4 is 46.0 Å². The molecule has 2 aromatic carbocycles. The first kappa shape index (κ1) is 18.7. The predicted molar refractivity (Wildman–Crippen MR) is 114 cm³/mol. The van der Waals surface area contributed by atoms with Gasteiger partial charge in [-0.2, -0.15) is 0 Å². The second kappa shape index (κ2) is 8.52. The molecule has 0 N–H and O–H groups in total. The van der Waals surface area contributed by atoms with Crippen LogP contribution < -0.4 is 9.64 Å². The molecule has 1 aliphatic rings. The van der Waals surface area contributed by atoms with Crippen LogP contribution in [0.1, 0.15) is 30.9 Å². The van der Waals surface area contributed by atoms with Crippen LogP contribution >= 0.6 is 24.0 Å². The minimum Gasteiger partial charge on any atom is -0.496 e. The molecule has 1 amide bonds. The smallest absolute Gasteiger partial charge is 0.270 e. The van der Waals surface area contributed by atoms with Crippen LogP contribution in [-0.2, 0) is 11.2 Å². The van der Waals surface area contributed by atoms with Crippen LogP contribution in [0.2, 0.25) is 0 Å². The van der Waals surface area contributed by atoms with Crippen LogP contribution in [0.4, 0.5) is 5.69 Å². The summed E-state index contributed by atoms with van der Waals surface area (Å²) in [4.78, 5) is 15.1. The number of thioether (sulfide) groups is 1. The van der Waals surface area contributed by atoms with Crippen molar-refractivity contribution in [2.45, 2.75) is 26.2 Å². The Kier molecular flexibility index (Phi) is 6.12. The van der Waals surface area contributed by atoms with Crippen molar-refractivity contribution in [3.05, 3.63) is 64.6 Å². The van der Waals surface area contributed by atoms with Gasteiger partial charge in [0.05, 0.1) is 17.7 Å². The molecule has 1 heterocycles. The van der Waals surface area contributed by atoms with E-state index in [4.69, 9.17) is 17.0 Å². The number of ether oxygens (including phenoxy) is 1. The van der Waals surface area contributed by atoms with Gasteiger partial charge in [0.25, 0.3) is 5.91 Å². The number of aryl methyl sites for hydroxylation is 1. The number of thiocarbonyl (C=S) groups is 1. The van der Waals surface area contributed by atoms with E-state index in [0.29, 0.717) is 9.23 Å². The summed E-state index contributed by atoms with van der Waals surface area (Å²) in [5.74, 6) is 0.644. The van der Waals surface area contributed by atoms with Gasteiger partial charge in [0.2, 0.25) is 0 Å². The van der Waals surface area contributed by atoms with Gasteiger partial charge in [-0.1, -0.05) is 67.7 Å². The van der Waals surface area contributed by atoms with E-state index in [0.717, 1.165) is 23.4 Å². The fraction of sp³-hybridized carbons (Fsp3) is 0.238. The summed E-state index contributed by atoms with van der Waals surface area (Å²) < 4.78 is 5.92. The number of carbonyl (C=O) groups excluding carboxylic acids is 1. The predicted octanol–water partition coefficient (Wildman–Crippen LogP) is 5.44. The number of nitrogens with zero attached hydrogens (tertiary/aromatic N) is 1. The average Bonchev–Trinajstić information content (AvgIpc) is 2.94. The monoisotopic (exact) mass is 383 g/mol. The molecule has 26 heavy (non-hydrogen) atoms. The summed E-state index contributed by atoms with van der Waals surface area (Å²) in [5.41, 5.74) is 2.96. The molecule has 0 unspecified atom stereocenters. The molecule has 1 fully saturated rings. The van der Waals surface area contributed by atoms with E-state index < -0.39 is 0 Å². The second-order valence-electron chi connectivity index (χ2n) is 6.03. The maximum atomic E-state index is 12.9. The number of hydrogen-bond donors (Lipinski definition) is 0. The Morgan fingerprint density at radius 3 is 2.58 bits per heavy atom. The van der Waals surface area contributed by atoms with Crippen LogP contribution in [0.5, 0.6) is 5.75 Å². The van der Waals surface area contributed by atoms with Crippen LogP contribution in [0.25, 0.3) is 6.08 Å². The molecule has 0 aliphatic carbocycles. The minimum absolute atomic E-state index is 0.0905. The normalized spacial score (nSPS) is 15.8. The highest BCUT2D eigenvalue weighted by molar-refractivity contribution is 8.27. The van der Waals surface area contributed by atoms with Gasteiger partial charge >= 0.3 is 0 Å². The second-order valence-corrected chi connectivity index (χ2v) is 7.70. The standard InChI is InChI=1S/C21H21NO2S2/c1-3-4-7-15-10-12-17(13-11-15)22-20(23)19(26-21(22)25)14-16-8-5-6-9-18(16)24-2/h5-6,8-14H,3-4,7H2,1-2H3. The van der Waals surface area contributed by atoms with Crippen LogP contribution in [-0.4, -0.2) is 17.3 Å². The molecule has 3 nitrogen and oxygen atoms in total. The summed E-state index contributed by atoms with van der Waals surface area (Å²) >= 11 is 6.77. The lowest BCUT2D eigenvalue weighted by Gasteiger charge is -2.15. The van der Waals surface area contributed by atoms with Gasteiger partial charge in [-0.3, -0.25) is 9.69 Å². The van der Waals surface area contributed by atoms with E-state index in [-0.39, 0.29) is 5.91 Å². The summed E-state index contributed by atoms with van der Waals surface area (Å²) in [5, 5.41) is 0. The third kappa shape index (κ3) is 4.00. The Morgan fingerprint density at radius 2 is 1.88 bits per heavy atom. The third-order valence-electron chi connectivity index (χ3n) is 4.23.